The molecule has 28 heavy (non-hydrogen) atoms. The average Bonchev–Trinajstić information content (AvgIpc) is 3.36. The van der Waals surface area contributed by atoms with Crippen molar-refractivity contribution in [2.75, 3.05) is 7.11 Å². The fourth-order valence-corrected chi connectivity index (χ4v) is 2.89. The Kier molecular flexibility index (Phi) is 5.18. The smallest absolute Gasteiger partial charge is 0.278 e. The number of rotatable bonds is 6. The number of hydrogen-bond acceptors (Lipinski definition) is 6. The van der Waals surface area contributed by atoms with Gasteiger partial charge in [-0.1, -0.05) is 34.4 Å². The number of benzene rings is 2. The lowest BCUT2D eigenvalue weighted by Crippen LogP contribution is -2.05. The van der Waals surface area contributed by atoms with Gasteiger partial charge in [0.25, 0.3) is 5.89 Å². The van der Waals surface area contributed by atoms with Crippen molar-refractivity contribution in [3.05, 3.63) is 64.8 Å². The van der Waals surface area contributed by atoms with Crippen molar-refractivity contribution in [2.45, 2.75) is 6.73 Å². The molecular weight excluding hydrogens is 403 g/mol. The zero-order valence-corrected chi connectivity index (χ0v) is 16.2. The van der Waals surface area contributed by atoms with Gasteiger partial charge >= 0.3 is 0 Å². The van der Waals surface area contributed by atoms with Crippen LogP contribution in [0, 0.1) is 0 Å². The fourth-order valence-electron chi connectivity index (χ4n) is 2.54. The Hall–Kier alpha value is -3.03. The molecule has 2 heterocycles. The molecular formula is C19H14Cl2N4O3. The highest BCUT2D eigenvalue weighted by Crippen LogP contribution is 2.31. The third-order valence-corrected chi connectivity index (χ3v) is 4.32. The van der Waals surface area contributed by atoms with Gasteiger partial charge in [-0.2, -0.15) is 10.1 Å². The summed E-state index contributed by atoms with van der Waals surface area (Å²) in [6.45, 7) is 0.212. The van der Waals surface area contributed by atoms with E-state index in [1.807, 2.05) is 12.1 Å². The number of aromatic nitrogens is 4. The molecule has 9 heteroatoms. The highest BCUT2D eigenvalue weighted by molar-refractivity contribution is 6.31. The summed E-state index contributed by atoms with van der Waals surface area (Å²) >= 11 is 12.0. The number of hydrogen-bond donors (Lipinski definition) is 0. The largest absolute Gasteiger partial charge is 0.496 e. The van der Waals surface area contributed by atoms with E-state index in [9.17, 15) is 0 Å². The first-order valence-electron chi connectivity index (χ1n) is 8.22. The second-order valence-corrected chi connectivity index (χ2v) is 6.61. The Morgan fingerprint density at radius 1 is 1.07 bits per heavy atom. The Bertz CT molecular complexity index is 1110. The van der Waals surface area contributed by atoms with Crippen LogP contribution < -0.4 is 9.47 Å². The summed E-state index contributed by atoms with van der Waals surface area (Å²) < 4.78 is 17.9. The van der Waals surface area contributed by atoms with Gasteiger partial charge in [-0.05, 0) is 42.5 Å². The van der Waals surface area contributed by atoms with Crippen molar-refractivity contribution < 1.29 is 14.0 Å². The van der Waals surface area contributed by atoms with Crippen LogP contribution in [0.25, 0.3) is 23.0 Å². The molecule has 0 spiro atoms. The summed E-state index contributed by atoms with van der Waals surface area (Å²) in [5.41, 5.74) is 1.16. The van der Waals surface area contributed by atoms with Gasteiger partial charge in [0, 0.05) is 16.2 Å². The van der Waals surface area contributed by atoms with Crippen LogP contribution >= 0.6 is 23.2 Å². The summed E-state index contributed by atoms with van der Waals surface area (Å²) in [7, 11) is 1.56. The lowest BCUT2D eigenvalue weighted by Gasteiger charge is -2.05. The van der Waals surface area contributed by atoms with E-state index >= 15 is 0 Å². The van der Waals surface area contributed by atoms with Crippen molar-refractivity contribution in [1.82, 2.24) is 19.9 Å². The first kappa shape index (κ1) is 18.3. The molecule has 7 nitrogen and oxygen atoms in total. The zero-order valence-electron chi connectivity index (χ0n) is 14.7. The quantitative estimate of drug-likeness (QED) is 0.442. The Morgan fingerprint density at radius 3 is 2.75 bits per heavy atom. The highest BCUT2D eigenvalue weighted by Gasteiger charge is 2.16. The second kappa shape index (κ2) is 7.92. The normalized spacial score (nSPS) is 10.8. The van der Waals surface area contributed by atoms with E-state index in [1.54, 1.807) is 54.4 Å². The van der Waals surface area contributed by atoms with E-state index in [0.29, 0.717) is 38.6 Å². The highest BCUT2D eigenvalue weighted by atomic mass is 35.5. The van der Waals surface area contributed by atoms with E-state index in [2.05, 4.69) is 15.2 Å². The third kappa shape index (κ3) is 3.95. The van der Waals surface area contributed by atoms with Crippen molar-refractivity contribution in [3.8, 4) is 34.5 Å². The van der Waals surface area contributed by atoms with E-state index in [4.69, 9.17) is 37.2 Å². The van der Waals surface area contributed by atoms with Crippen molar-refractivity contribution in [3.63, 3.8) is 0 Å². The first-order chi connectivity index (χ1) is 13.6. The molecule has 0 bridgehead atoms. The van der Waals surface area contributed by atoms with Crippen molar-refractivity contribution >= 4 is 23.2 Å². The van der Waals surface area contributed by atoms with E-state index in [1.165, 1.54) is 0 Å². The Morgan fingerprint density at radius 2 is 1.93 bits per heavy atom. The van der Waals surface area contributed by atoms with Gasteiger partial charge in [0.1, 0.15) is 11.5 Å². The van der Waals surface area contributed by atoms with E-state index in [-0.39, 0.29) is 12.6 Å². The van der Waals surface area contributed by atoms with Crippen LogP contribution in [0.4, 0.5) is 0 Å². The van der Waals surface area contributed by atoms with Crippen LogP contribution in [0.5, 0.6) is 11.5 Å². The van der Waals surface area contributed by atoms with Crippen LogP contribution in [0.1, 0.15) is 0 Å². The molecule has 0 amide bonds. The molecule has 142 valence electrons. The molecule has 4 rings (SSSR count). The monoisotopic (exact) mass is 416 g/mol. The molecule has 0 saturated carbocycles. The first-order valence-corrected chi connectivity index (χ1v) is 8.98. The average molecular weight is 417 g/mol. The van der Waals surface area contributed by atoms with Gasteiger partial charge in [0.2, 0.25) is 5.82 Å². The SMILES string of the molecule is COc1ccc(Cl)cc1-c1noc(-c2ccn(COc3cccc(Cl)c3)n2)n1. The van der Waals surface area contributed by atoms with Crippen LogP contribution in [-0.2, 0) is 6.73 Å². The summed E-state index contributed by atoms with van der Waals surface area (Å²) in [4.78, 5) is 4.39. The Balaban J connectivity index is 1.51. The van der Waals surface area contributed by atoms with Gasteiger partial charge in [-0.3, -0.25) is 0 Å². The topological polar surface area (TPSA) is 75.2 Å². The summed E-state index contributed by atoms with van der Waals surface area (Å²) in [6, 6.07) is 14.1. The summed E-state index contributed by atoms with van der Waals surface area (Å²) in [5.74, 6) is 1.88. The predicted molar refractivity (Wildman–Crippen MR) is 105 cm³/mol. The van der Waals surface area contributed by atoms with Crippen LogP contribution in [0.3, 0.4) is 0 Å². The lowest BCUT2D eigenvalue weighted by atomic mass is 10.2. The molecule has 0 atom stereocenters. The van der Waals surface area contributed by atoms with Crippen LogP contribution in [0.2, 0.25) is 10.0 Å². The Labute approximate surface area is 170 Å². The van der Waals surface area contributed by atoms with Crippen LogP contribution in [0.15, 0.2) is 59.3 Å². The summed E-state index contributed by atoms with van der Waals surface area (Å²) in [5, 5.41) is 9.55. The molecule has 2 aromatic carbocycles. The van der Waals surface area contributed by atoms with Gasteiger partial charge in [-0.15, -0.1) is 0 Å². The number of ether oxygens (including phenoxy) is 2. The molecule has 0 aliphatic heterocycles. The van der Waals surface area contributed by atoms with Gasteiger partial charge in [0.15, 0.2) is 12.4 Å². The molecule has 0 saturated heterocycles. The van der Waals surface area contributed by atoms with Crippen molar-refractivity contribution in [1.29, 1.82) is 0 Å². The maximum Gasteiger partial charge on any atom is 0.278 e. The van der Waals surface area contributed by atoms with Crippen molar-refractivity contribution in [2.24, 2.45) is 0 Å². The lowest BCUT2D eigenvalue weighted by molar-refractivity contribution is 0.221. The van der Waals surface area contributed by atoms with Gasteiger partial charge in [0.05, 0.1) is 12.7 Å². The summed E-state index contributed by atoms with van der Waals surface area (Å²) in [6.07, 6.45) is 1.75. The number of halogens is 2. The zero-order chi connectivity index (χ0) is 19.5. The fraction of sp³-hybridized carbons (Fsp3) is 0.105. The second-order valence-electron chi connectivity index (χ2n) is 5.74. The van der Waals surface area contributed by atoms with Gasteiger partial charge < -0.3 is 14.0 Å². The molecule has 0 unspecified atom stereocenters. The predicted octanol–water partition coefficient (Wildman–Crippen LogP) is 4.95. The molecule has 0 fully saturated rings. The molecule has 0 N–H and O–H groups in total. The molecule has 4 aromatic rings. The molecule has 0 aliphatic carbocycles. The third-order valence-electron chi connectivity index (χ3n) is 3.85. The molecule has 0 aliphatic rings. The van der Waals surface area contributed by atoms with Crippen LogP contribution in [-0.4, -0.2) is 27.0 Å². The maximum absolute atomic E-state index is 6.07. The van der Waals surface area contributed by atoms with E-state index < -0.39 is 0 Å². The maximum atomic E-state index is 6.07. The minimum Gasteiger partial charge on any atom is -0.496 e. The number of methoxy groups -OCH3 is 1. The van der Waals surface area contributed by atoms with Gasteiger partial charge in [-0.25, -0.2) is 4.68 Å². The van der Waals surface area contributed by atoms with E-state index in [0.717, 1.165) is 0 Å². The minimum absolute atomic E-state index is 0.212. The molecule has 2 aromatic heterocycles. The minimum atomic E-state index is 0.212. The molecule has 0 radical (unpaired) electrons. The standard InChI is InChI=1S/C19H14Cl2N4O3/c1-26-17-6-5-13(21)10-15(17)18-22-19(28-24-18)16-7-8-25(23-16)11-27-14-4-2-3-12(20)9-14/h2-10H,11H2,1H3. The number of nitrogens with zero attached hydrogens (tertiary/aromatic N) is 4.